The predicted octanol–water partition coefficient (Wildman–Crippen LogP) is 0.765. The molecule has 7 nitrogen and oxygen atoms in total. The highest BCUT2D eigenvalue weighted by atomic mass is 16.1. The van der Waals surface area contributed by atoms with Gasteiger partial charge in [-0.1, -0.05) is 24.3 Å². The molecule has 4 aromatic rings. The Labute approximate surface area is 154 Å². The van der Waals surface area contributed by atoms with Crippen molar-refractivity contribution in [2.75, 3.05) is 6.54 Å². The SMILES string of the molecule is CC[NH+](Cc1nc2ccccc2c(=O)[nH]1)Cc1nc2ccccc2c(=O)[nH]1. The molecule has 0 aliphatic heterocycles. The molecular formula is C20H20N5O2+. The van der Waals surface area contributed by atoms with Crippen LogP contribution in [0.4, 0.5) is 0 Å². The van der Waals surface area contributed by atoms with Crippen LogP contribution in [0, 0.1) is 0 Å². The highest BCUT2D eigenvalue weighted by Crippen LogP contribution is 2.06. The number of nitrogens with zero attached hydrogens (tertiary/aromatic N) is 2. The first-order chi connectivity index (χ1) is 13.1. The van der Waals surface area contributed by atoms with Crippen molar-refractivity contribution in [1.82, 2.24) is 19.9 Å². The monoisotopic (exact) mass is 362 g/mol. The van der Waals surface area contributed by atoms with E-state index in [9.17, 15) is 9.59 Å². The minimum atomic E-state index is -0.136. The Morgan fingerprint density at radius 3 is 1.67 bits per heavy atom. The Hall–Kier alpha value is -3.32. The third kappa shape index (κ3) is 3.50. The molecule has 2 aromatic carbocycles. The number of fused-ring (bicyclic) bond motifs is 2. The van der Waals surface area contributed by atoms with Crippen LogP contribution < -0.4 is 16.0 Å². The number of nitrogens with one attached hydrogen (secondary N) is 3. The van der Waals surface area contributed by atoms with Gasteiger partial charge in [0.1, 0.15) is 13.1 Å². The van der Waals surface area contributed by atoms with Gasteiger partial charge in [0, 0.05) is 0 Å². The summed E-state index contributed by atoms with van der Waals surface area (Å²) in [5.41, 5.74) is 1.10. The Balaban J connectivity index is 1.62. The van der Waals surface area contributed by atoms with Crippen LogP contribution in [0.15, 0.2) is 58.1 Å². The van der Waals surface area contributed by atoms with E-state index >= 15 is 0 Å². The second kappa shape index (κ2) is 7.13. The molecule has 0 aliphatic rings. The van der Waals surface area contributed by atoms with Gasteiger partial charge in [0.25, 0.3) is 11.1 Å². The largest absolute Gasteiger partial charge is 0.323 e. The fourth-order valence-corrected chi connectivity index (χ4v) is 3.22. The summed E-state index contributed by atoms with van der Waals surface area (Å²) in [6.07, 6.45) is 0. The first-order valence-corrected chi connectivity index (χ1v) is 8.93. The zero-order valence-corrected chi connectivity index (χ0v) is 15.0. The molecule has 3 N–H and O–H groups in total. The maximum atomic E-state index is 12.3. The van der Waals surface area contributed by atoms with Crippen LogP contribution in [0.25, 0.3) is 21.8 Å². The van der Waals surface area contributed by atoms with Crippen LogP contribution in [0.2, 0.25) is 0 Å². The molecule has 0 unspecified atom stereocenters. The van der Waals surface area contributed by atoms with Crippen molar-refractivity contribution in [2.45, 2.75) is 20.0 Å². The number of benzene rings is 2. The fourth-order valence-electron chi connectivity index (χ4n) is 3.22. The van der Waals surface area contributed by atoms with Crippen LogP contribution in [-0.4, -0.2) is 26.5 Å². The predicted molar refractivity (Wildman–Crippen MR) is 104 cm³/mol. The number of para-hydroxylation sites is 2. The van der Waals surface area contributed by atoms with E-state index < -0.39 is 0 Å². The van der Waals surface area contributed by atoms with Crippen LogP contribution >= 0.6 is 0 Å². The molecule has 0 aliphatic carbocycles. The summed E-state index contributed by atoms with van der Waals surface area (Å²) in [5.74, 6) is 1.25. The third-order valence-corrected chi connectivity index (χ3v) is 4.66. The lowest BCUT2D eigenvalue weighted by atomic mass is 10.2. The summed E-state index contributed by atoms with van der Waals surface area (Å²) in [6, 6.07) is 14.6. The molecular weight excluding hydrogens is 342 g/mol. The van der Waals surface area contributed by atoms with Gasteiger partial charge in [-0.05, 0) is 31.2 Å². The molecule has 0 fully saturated rings. The van der Waals surface area contributed by atoms with E-state index in [0.29, 0.717) is 46.5 Å². The minimum Gasteiger partial charge on any atom is -0.323 e. The van der Waals surface area contributed by atoms with E-state index in [1.165, 1.54) is 0 Å². The standard InChI is InChI=1S/C20H19N5O2/c1-2-25(11-17-21-15-9-5-3-7-13(15)19(26)23-17)12-18-22-16-10-6-4-8-14(16)20(27)24-18/h3-10H,2,11-12H2,1H3,(H,21,23,26)(H,22,24,27)/p+1. The molecule has 2 aromatic heterocycles. The second-order valence-corrected chi connectivity index (χ2v) is 6.52. The molecule has 0 amide bonds. The van der Waals surface area contributed by atoms with Crippen molar-refractivity contribution in [2.24, 2.45) is 0 Å². The van der Waals surface area contributed by atoms with Gasteiger partial charge >= 0.3 is 0 Å². The van der Waals surface area contributed by atoms with Gasteiger partial charge in [0.2, 0.25) is 0 Å². The normalized spacial score (nSPS) is 11.5. The van der Waals surface area contributed by atoms with Gasteiger partial charge < -0.3 is 14.9 Å². The Kier molecular flexibility index (Phi) is 4.52. The molecule has 2 heterocycles. The van der Waals surface area contributed by atoms with Gasteiger partial charge in [0.15, 0.2) is 11.6 Å². The summed E-state index contributed by atoms with van der Waals surface area (Å²) < 4.78 is 0. The molecule has 0 radical (unpaired) electrons. The van der Waals surface area contributed by atoms with Crippen LogP contribution in [0.1, 0.15) is 18.6 Å². The highest BCUT2D eigenvalue weighted by molar-refractivity contribution is 5.77. The average Bonchev–Trinajstić information content (AvgIpc) is 2.67. The summed E-state index contributed by atoms with van der Waals surface area (Å²) in [5, 5.41) is 1.17. The number of rotatable bonds is 5. The van der Waals surface area contributed by atoms with Crippen molar-refractivity contribution in [1.29, 1.82) is 0 Å². The number of aromatic nitrogens is 4. The topological polar surface area (TPSA) is 95.9 Å². The number of aromatic amines is 2. The first kappa shape index (κ1) is 17.1. The van der Waals surface area contributed by atoms with E-state index in [4.69, 9.17) is 0 Å². The zero-order chi connectivity index (χ0) is 18.8. The number of quaternary nitrogens is 1. The fraction of sp³-hybridized carbons (Fsp3) is 0.200. The molecule has 4 rings (SSSR count). The van der Waals surface area contributed by atoms with Gasteiger partial charge in [0.05, 0.1) is 28.4 Å². The Morgan fingerprint density at radius 1 is 0.778 bits per heavy atom. The van der Waals surface area contributed by atoms with E-state index in [-0.39, 0.29) is 11.1 Å². The lowest BCUT2D eigenvalue weighted by molar-refractivity contribution is -0.927. The van der Waals surface area contributed by atoms with Crippen LogP contribution in [-0.2, 0) is 13.1 Å². The van der Waals surface area contributed by atoms with Gasteiger partial charge in [-0.3, -0.25) is 9.59 Å². The van der Waals surface area contributed by atoms with E-state index in [2.05, 4.69) is 19.9 Å². The summed E-state index contributed by atoms with van der Waals surface area (Å²) in [4.78, 5) is 40.5. The smallest absolute Gasteiger partial charge is 0.258 e. The van der Waals surface area contributed by atoms with Crippen molar-refractivity contribution in [3.05, 3.63) is 80.9 Å². The summed E-state index contributed by atoms with van der Waals surface area (Å²) in [7, 11) is 0. The lowest BCUT2D eigenvalue weighted by Gasteiger charge is -2.16. The molecule has 0 atom stereocenters. The summed E-state index contributed by atoms with van der Waals surface area (Å²) in [6.45, 7) is 3.92. The van der Waals surface area contributed by atoms with E-state index in [1.807, 2.05) is 43.3 Å². The lowest BCUT2D eigenvalue weighted by Crippen LogP contribution is -3.09. The van der Waals surface area contributed by atoms with Gasteiger partial charge in [-0.25, -0.2) is 9.97 Å². The minimum absolute atomic E-state index is 0.136. The number of hydrogen-bond donors (Lipinski definition) is 3. The van der Waals surface area contributed by atoms with Crippen molar-refractivity contribution >= 4 is 21.8 Å². The van der Waals surface area contributed by atoms with Crippen molar-refractivity contribution in [3.63, 3.8) is 0 Å². The van der Waals surface area contributed by atoms with Crippen LogP contribution in [0.3, 0.4) is 0 Å². The number of H-pyrrole nitrogens is 2. The maximum absolute atomic E-state index is 12.3. The molecule has 136 valence electrons. The summed E-state index contributed by atoms with van der Waals surface area (Å²) >= 11 is 0. The third-order valence-electron chi connectivity index (χ3n) is 4.66. The number of hydrogen-bond acceptors (Lipinski definition) is 4. The molecule has 7 heteroatoms. The first-order valence-electron chi connectivity index (χ1n) is 8.93. The van der Waals surface area contributed by atoms with E-state index in [0.717, 1.165) is 11.4 Å². The average molecular weight is 362 g/mol. The van der Waals surface area contributed by atoms with Gasteiger partial charge in [-0.15, -0.1) is 0 Å². The highest BCUT2D eigenvalue weighted by Gasteiger charge is 2.14. The van der Waals surface area contributed by atoms with Crippen LogP contribution in [0.5, 0.6) is 0 Å². The Bertz CT molecular complexity index is 1130. The second-order valence-electron chi connectivity index (χ2n) is 6.52. The van der Waals surface area contributed by atoms with Crippen molar-refractivity contribution < 1.29 is 4.90 Å². The molecule has 0 saturated carbocycles. The van der Waals surface area contributed by atoms with E-state index in [1.54, 1.807) is 12.1 Å². The molecule has 27 heavy (non-hydrogen) atoms. The quantitative estimate of drug-likeness (QED) is 0.488. The molecule has 0 spiro atoms. The Morgan fingerprint density at radius 2 is 1.22 bits per heavy atom. The zero-order valence-electron chi connectivity index (χ0n) is 15.0. The van der Waals surface area contributed by atoms with Crippen molar-refractivity contribution in [3.8, 4) is 0 Å². The van der Waals surface area contributed by atoms with Gasteiger partial charge in [-0.2, -0.15) is 0 Å². The molecule has 0 bridgehead atoms. The maximum Gasteiger partial charge on any atom is 0.258 e. The molecule has 0 saturated heterocycles.